The smallest absolute Gasteiger partial charge is 0.223 e. The molecule has 0 aromatic heterocycles. The van der Waals surface area contributed by atoms with Crippen molar-refractivity contribution in [1.29, 1.82) is 0 Å². The monoisotopic (exact) mass is 390 g/mol. The Bertz CT molecular complexity index is 725. The van der Waals surface area contributed by atoms with E-state index < -0.39 is 9.84 Å². The first kappa shape index (κ1) is 19.8. The zero-order valence-corrected chi connectivity index (χ0v) is 15.7. The molecule has 1 N–H and O–H groups in total. The van der Waals surface area contributed by atoms with Gasteiger partial charge in [0, 0.05) is 38.2 Å². The van der Waals surface area contributed by atoms with Crippen LogP contribution in [0.3, 0.4) is 0 Å². The van der Waals surface area contributed by atoms with Crippen molar-refractivity contribution in [1.82, 2.24) is 10.2 Å². The Morgan fingerprint density at radius 1 is 1.28 bits per heavy atom. The molecule has 1 atom stereocenters. The summed E-state index contributed by atoms with van der Waals surface area (Å²) in [6.07, 6.45) is -0.0128. The van der Waals surface area contributed by atoms with Crippen LogP contribution in [0.15, 0.2) is 23.1 Å². The van der Waals surface area contributed by atoms with Crippen molar-refractivity contribution in [3.05, 3.63) is 18.2 Å². The van der Waals surface area contributed by atoms with Crippen molar-refractivity contribution < 1.29 is 22.7 Å². The topological polar surface area (TPSA) is 84.9 Å². The summed E-state index contributed by atoms with van der Waals surface area (Å²) in [7, 11) is -3.54. The van der Waals surface area contributed by atoms with E-state index in [0.717, 1.165) is 13.1 Å². The van der Waals surface area contributed by atoms with Crippen molar-refractivity contribution in [2.75, 3.05) is 38.6 Å². The first-order chi connectivity index (χ1) is 11.5. The fourth-order valence-electron chi connectivity index (χ4n) is 2.91. The van der Waals surface area contributed by atoms with Crippen molar-refractivity contribution in [3.8, 4) is 11.5 Å². The molecule has 1 fully saturated rings. The first-order valence-corrected chi connectivity index (χ1v) is 9.75. The van der Waals surface area contributed by atoms with Gasteiger partial charge in [0.2, 0.25) is 5.91 Å². The van der Waals surface area contributed by atoms with Gasteiger partial charge in [0.15, 0.2) is 21.3 Å². The molecule has 1 aromatic carbocycles. The predicted octanol–water partition coefficient (Wildman–Crippen LogP) is 0.864. The highest BCUT2D eigenvalue weighted by Crippen LogP contribution is 2.32. The number of ether oxygens (including phenoxy) is 2. The highest BCUT2D eigenvalue weighted by Gasteiger charge is 2.25. The second-order valence-corrected chi connectivity index (χ2v) is 8.12. The molecule has 7 nitrogen and oxygen atoms in total. The van der Waals surface area contributed by atoms with Crippen molar-refractivity contribution in [2.24, 2.45) is 0 Å². The number of rotatable bonds is 4. The Labute approximate surface area is 154 Å². The molecule has 2 heterocycles. The number of halogens is 1. The number of sulfone groups is 1. The Morgan fingerprint density at radius 3 is 2.72 bits per heavy atom. The number of carbonyl (C=O) groups excluding carboxylic acids is 1. The first-order valence-electron chi connectivity index (χ1n) is 8.10. The van der Waals surface area contributed by atoms with Crippen LogP contribution < -0.4 is 14.8 Å². The van der Waals surface area contributed by atoms with E-state index in [4.69, 9.17) is 9.47 Å². The third-order valence-electron chi connectivity index (χ3n) is 4.28. The predicted molar refractivity (Wildman–Crippen MR) is 95.4 cm³/mol. The minimum atomic E-state index is -3.54. The van der Waals surface area contributed by atoms with Crippen LogP contribution in [0.1, 0.15) is 13.3 Å². The molecule has 2 aliphatic heterocycles. The number of fused-ring (bicyclic) bond motifs is 1. The second kappa shape index (κ2) is 8.25. The summed E-state index contributed by atoms with van der Waals surface area (Å²) in [6.45, 7) is 4.90. The number of piperazine rings is 1. The van der Waals surface area contributed by atoms with Crippen LogP contribution in [0, 0.1) is 0 Å². The van der Waals surface area contributed by atoms with E-state index in [0.29, 0.717) is 31.3 Å². The zero-order valence-electron chi connectivity index (χ0n) is 14.1. The molecule has 0 unspecified atom stereocenters. The Hall–Kier alpha value is -1.51. The molecule has 0 radical (unpaired) electrons. The van der Waals surface area contributed by atoms with Crippen LogP contribution in [0.2, 0.25) is 0 Å². The van der Waals surface area contributed by atoms with Crippen LogP contribution in [-0.4, -0.2) is 63.9 Å². The van der Waals surface area contributed by atoms with E-state index in [1.165, 1.54) is 12.1 Å². The zero-order chi connectivity index (χ0) is 17.2. The molecular formula is C16H23ClN2O5S. The van der Waals surface area contributed by atoms with Gasteiger partial charge in [-0.3, -0.25) is 4.79 Å². The summed E-state index contributed by atoms with van der Waals surface area (Å²) in [4.78, 5) is 14.2. The molecule has 9 heteroatoms. The number of hydrogen-bond acceptors (Lipinski definition) is 6. The number of nitrogens with zero attached hydrogens (tertiary/aromatic N) is 1. The fraction of sp³-hybridized carbons (Fsp3) is 0.562. The molecule has 1 amide bonds. The molecule has 0 bridgehead atoms. The van der Waals surface area contributed by atoms with Gasteiger partial charge in [-0.15, -0.1) is 12.4 Å². The number of nitrogens with one attached hydrogen (secondary N) is 1. The number of hydrogen-bond donors (Lipinski definition) is 1. The van der Waals surface area contributed by atoms with Gasteiger partial charge in [-0.1, -0.05) is 0 Å². The lowest BCUT2D eigenvalue weighted by Crippen LogP contribution is -2.52. The quantitative estimate of drug-likeness (QED) is 0.820. The van der Waals surface area contributed by atoms with E-state index in [-0.39, 0.29) is 41.4 Å². The lowest BCUT2D eigenvalue weighted by atomic mass is 10.2. The van der Waals surface area contributed by atoms with Crippen LogP contribution in [0.5, 0.6) is 11.5 Å². The fourth-order valence-corrected chi connectivity index (χ4v) is 4.15. The highest BCUT2D eigenvalue weighted by molar-refractivity contribution is 7.91. The molecule has 2 aliphatic rings. The van der Waals surface area contributed by atoms with E-state index in [9.17, 15) is 13.2 Å². The van der Waals surface area contributed by atoms with Crippen LogP contribution in [0.25, 0.3) is 0 Å². The summed E-state index contributed by atoms with van der Waals surface area (Å²) in [6, 6.07) is 4.66. The van der Waals surface area contributed by atoms with E-state index in [2.05, 4.69) is 5.32 Å². The molecule has 1 aromatic rings. The van der Waals surface area contributed by atoms with E-state index >= 15 is 0 Å². The van der Waals surface area contributed by atoms with Crippen molar-refractivity contribution in [2.45, 2.75) is 24.3 Å². The largest absolute Gasteiger partial charge is 0.486 e. The van der Waals surface area contributed by atoms with Gasteiger partial charge in [0.25, 0.3) is 0 Å². The second-order valence-electron chi connectivity index (χ2n) is 6.01. The van der Waals surface area contributed by atoms with Crippen molar-refractivity contribution >= 4 is 28.2 Å². The van der Waals surface area contributed by atoms with Gasteiger partial charge in [-0.05, 0) is 19.1 Å². The van der Waals surface area contributed by atoms with Gasteiger partial charge in [-0.2, -0.15) is 0 Å². The molecule has 1 saturated heterocycles. The number of benzene rings is 1. The third kappa shape index (κ3) is 4.56. The molecule has 140 valence electrons. The molecule has 25 heavy (non-hydrogen) atoms. The summed E-state index contributed by atoms with van der Waals surface area (Å²) in [5.41, 5.74) is 0. The highest BCUT2D eigenvalue weighted by atomic mass is 35.5. The lowest BCUT2D eigenvalue weighted by molar-refractivity contribution is -0.133. The Morgan fingerprint density at radius 2 is 2.00 bits per heavy atom. The van der Waals surface area contributed by atoms with Gasteiger partial charge in [0.1, 0.15) is 13.2 Å². The van der Waals surface area contributed by atoms with E-state index in [1.807, 2.05) is 6.92 Å². The Kier molecular flexibility index (Phi) is 6.53. The molecule has 0 spiro atoms. The minimum absolute atomic E-state index is 0. The average Bonchev–Trinajstić information content (AvgIpc) is 2.60. The summed E-state index contributed by atoms with van der Waals surface area (Å²) >= 11 is 0. The third-order valence-corrected chi connectivity index (χ3v) is 5.99. The minimum Gasteiger partial charge on any atom is -0.486 e. The average molecular weight is 391 g/mol. The molecule has 3 rings (SSSR count). The standard InChI is InChI=1S/C16H22N2O5S.ClH/c1-12-11-17-5-6-18(12)16(19)4-9-24(20,21)13-2-3-14-15(10-13)23-8-7-22-14;/h2-3,10,12,17H,4-9,11H2,1H3;1H/t12-;/m1./s1. The van der Waals surface area contributed by atoms with E-state index in [1.54, 1.807) is 11.0 Å². The number of carbonyl (C=O) groups is 1. The number of amides is 1. The summed E-state index contributed by atoms with van der Waals surface area (Å²) < 4.78 is 35.8. The SMILES string of the molecule is C[C@@H]1CNCCN1C(=O)CCS(=O)(=O)c1ccc2c(c1)OCCO2.Cl. The Balaban J connectivity index is 0.00000225. The molecule has 0 aliphatic carbocycles. The summed E-state index contributed by atoms with van der Waals surface area (Å²) in [5.74, 6) is 0.655. The van der Waals surface area contributed by atoms with Crippen LogP contribution >= 0.6 is 12.4 Å². The van der Waals surface area contributed by atoms with Crippen molar-refractivity contribution in [3.63, 3.8) is 0 Å². The lowest BCUT2D eigenvalue weighted by Gasteiger charge is -2.34. The van der Waals surface area contributed by atoms with Gasteiger partial charge in [-0.25, -0.2) is 8.42 Å². The van der Waals surface area contributed by atoms with Crippen LogP contribution in [-0.2, 0) is 14.6 Å². The maximum Gasteiger partial charge on any atom is 0.223 e. The summed E-state index contributed by atoms with van der Waals surface area (Å²) in [5, 5.41) is 3.21. The molecule has 0 saturated carbocycles. The van der Waals surface area contributed by atoms with Crippen LogP contribution in [0.4, 0.5) is 0 Å². The molecular weight excluding hydrogens is 368 g/mol. The maximum atomic E-state index is 12.5. The van der Waals surface area contributed by atoms with Gasteiger partial charge < -0.3 is 19.7 Å². The normalized spacial score (nSPS) is 19.9. The van der Waals surface area contributed by atoms with Gasteiger partial charge >= 0.3 is 0 Å². The van der Waals surface area contributed by atoms with Gasteiger partial charge in [0.05, 0.1) is 10.6 Å². The maximum absolute atomic E-state index is 12.5.